The molecule has 8 heteroatoms. The maximum atomic E-state index is 12.8. The highest BCUT2D eigenvalue weighted by Gasteiger charge is 2.48. The zero-order valence-electron chi connectivity index (χ0n) is 14.9. The van der Waals surface area contributed by atoms with Crippen molar-refractivity contribution in [1.29, 1.82) is 0 Å². The number of carbonyl (C=O) groups excluding carboxylic acids is 2. The molecule has 0 spiro atoms. The van der Waals surface area contributed by atoms with Crippen molar-refractivity contribution < 1.29 is 24.0 Å². The molecule has 144 valence electrons. The Bertz CT molecular complexity index is 1120. The molecule has 1 aromatic heterocycles. The summed E-state index contributed by atoms with van der Waals surface area (Å²) >= 11 is 0. The molecule has 2 aromatic carbocycles. The number of carbonyl (C=O) groups is 2. The summed E-state index contributed by atoms with van der Waals surface area (Å²) in [4.78, 5) is 37.2. The molecule has 0 aliphatic carbocycles. The normalized spacial score (nSPS) is 18.2. The first-order chi connectivity index (χ1) is 14.0. The van der Waals surface area contributed by atoms with Gasteiger partial charge in [-0.25, -0.2) is 0 Å². The molecule has 1 N–H and O–H groups in total. The molecule has 2 heterocycles. The second-order valence-corrected chi connectivity index (χ2v) is 6.32. The summed E-state index contributed by atoms with van der Waals surface area (Å²) in [6.45, 7) is 0. The van der Waals surface area contributed by atoms with E-state index < -0.39 is 28.4 Å². The van der Waals surface area contributed by atoms with Crippen molar-refractivity contribution in [2.45, 2.75) is 6.04 Å². The Morgan fingerprint density at radius 1 is 1.00 bits per heavy atom. The Morgan fingerprint density at radius 3 is 2.28 bits per heavy atom. The van der Waals surface area contributed by atoms with E-state index in [1.165, 1.54) is 35.4 Å². The minimum atomic E-state index is -0.970. The summed E-state index contributed by atoms with van der Waals surface area (Å²) in [5, 5.41) is 21.7. The lowest BCUT2D eigenvalue weighted by atomic mass is 9.99. The number of aliphatic hydroxyl groups excluding tert-OH is 1. The van der Waals surface area contributed by atoms with Crippen molar-refractivity contribution in [3.8, 4) is 0 Å². The van der Waals surface area contributed by atoms with Crippen LogP contribution in [0.2, 0.25) is 0 Å². The molecule has 0 saturated carbocycles. The first-order valence-corrected chi connectivity index (χ1v) is 8.63. The van der Waals surface area contributed by atoms with Gasteiger partial charge in [0.1, 0.15) is 17.6 Å². The minimum Gasteiger partial charge on any atom is -0.507 e. The van der Waals surface area contributed by atoms with Crippen molar-refractivity contribution in [3.05, 3.63) is 100 Å². The Morgan fingerprint density at radius 2 is 1.69 bits per heavy atom. The molecule has 29 heavy (non-hydrogen) atoms. The molecule has 0 radical (unpaired) electrons. The molecular formula is C21H14N2O6. The standard InChI is InChI=1S/C21H14N2O6/c24-19(13-8-10-15(11-9-13)23(27)28)17-18(16-7-4-12-29-16)22(21(26)20(17)25)14-5-2-1-3-6-14/h1-12,18,24H/b19-17-. The molecule has 0 bridgehead atoms. The van der Waals surface area contributed by atoms with Crippen LogP contribution in [0.3, 0.4) is 0 Å². The number of hydrogen-bond acceptors (Lipinski definition) is 6. The zero-order valence-corrected chi connectivity index (χ0v) is 14.9. The van der Waals surface area contributed by atoms with E-state index in [-0.39, 0.29) is 16.8 Å². The second kappa shape index (κ2) is 7.08. The molecule has 1 fully saturated rings. The summed E-state index contributed by atoms with van der Waals surface area (Å²) in [7, 11) is 0. The molecule has 1 aliphatic rings. The zero-order chi connectivity index (χ0) is 20.5. The van der Waals surface area contributed by atoms with E-state index in [1.807, 2.05) is 0 Å². The average molecular weight is 390 g/mol. The predicted molar refractivity (Wildman–Crippen MR) is 103 cm³/mol. The van der Waals surface area contributed by atoms with Gasteiger partial charge >= 0.3 is 0 Å². The third kappa shape index (κ3) is 3.06. The van der Waals surface area contributed by atoms with Crippen LogP contribution in [0.4, 0.5) is 11.4 Å². The van der Waals surface area contributed by atoms with E-state index >= 15 is 0 Å². The molecule has 1 unspecified atom stereocenters. The van der Waals surface area contributed by atoms with Crippen LogP contribution in [0.5, 0.6) is 0 Å². The molecule has 3 aromatic rings. The highest BCUT2D eigenvalue weighted by molar-refractivity contribution is 6.51. The first-order valence-electron chi connectivity index (χ1n) is 8.63. The van der Waals surface area contributed by atoms with E-state index in [9.17, 15) is 24.8 Å². The van der Waals surface area contributed by atoms with Crippen molar-refractivity contribution >= 4 is 28.8 Å². The minimum absolute atomic E-state index is 0.150. The van der Waals surface area contributed by atoms with Crippen LogP contribution in [0.1, 0.15) is 17.4 Å². The number of aliphatic hydroxyl groups is 1. The van der Waals surface area contributed by atoms with Gasteiger partial charge in [0.25, 0.3) is 17.4 Å². The molecule has 8 nitrogen and oxygen atoms in total. The summed E-state index contributed by atoms with van der Waals surface area (Å²) < 4.78 is 5.45. The van der Waals surface area contributed by atoms with Gasteiger partial charge in [0.05, 0.1) is 16.8 Å². The van der Waals surface area contributed by atoms with Gasteiger partial charge in [-0.2, -0.15) is 0 Å². The molecule has 4 rings (SSSR count). The monoisotopic (exact) mass is 390 g/mol. The van der Waals surface area contributed by atoms with Gasteiger partial charge in [-0.05, 0) is 36.4 Å². The number of furan rings is 1. The van der Waals surface area contributed by atoms with Gasteiger partial charge in [0.15, 0.2) is 0 Å². The van der Waals surface area contributed by atoms with Gasteiger partial charge in [-0.1, -0.05) is 18.2 Å². The van der Waals surface area contributed by atoms with E-state index in [4.69, 9.17) is 4.42 Å². The third-order valence-corrected chi connectivity index (χ3v) is 4.64. The van der Waals surface area contributed by atoms with Crippen molar-refractivity contribution in [2.24, 2.45) is 0 Å². The van der Waals surface area contributed by atoms with Crippen molar-refractivity contribution in [1.82, 2.24) is 0 Å². The van der Waals surface area contributed by atoms with Crippen LogP contribution < -0.4 is 4.90 Å². The van der Waals surface area contributed by atoms with Crippen LogP contribution in [0.15, 0.2) is 83.0 Å². The number of nitrogens with zero attached hydrogens (tertiary/aromatic N) is 2. The SMILES string of the molecule is O=C1C(=O)N(c2ccccc2)C(c2ccco2)/C1=C(/O)c1ccc([N+](=O)[O-])cc1. The van der Waals surface area contributed by atoms with Crippen LogP contribution in [0, 0.1) is 10.1 Å². The van der Waals surface area contributed by atoms with Crippen LogP contribution in [-0.4, -0.2) is 21.7 Å². The van der Waals surface area contributed by atoms with Crippen LogP contribution in [-0.2, 0) is 9.59 Å². The fourth-order valence-electron chi connectivity index (χ4n) is 3.30. The molecular weight excluding hydrogens is 376 g/mol. The largest absolute Gasteiger partial charge is 0.507 e. The predicted octanol–water partition coefficient (Wildman–Crippen LogP) is 3.81. The molecule has 1 saturated heterocycles. The highest BCUT2D eigenvalue weighted by Crippen LogP contribution is 2.42. The summed E-state index contributed by atoms with van der Waals surface area (Å²) in [6.07, 6.45) is 1.41. The van der Waals surface area contributed by atoms with Gasteiger partial charge in [-0.15, -0.1) is 0 Å². The summed E-state index contributed by atoms with van der Waals surface area (Å²) in [6, 6.07) is 15.9. The van der Waals surface area contributed by atoms with E-state index in [0.29, 0.717) is 11.4 Å². The Hall–Kier alpha value is -4.20. The fourth-order valence-corrected chi connectivity index (χ4v) is 3.30. The number of non-ortho nitro benzene ring substituents is 1. The number of Topliss-reactive ketones (excluding diaryl/α,β-unsaturated/α-hetero) is 1. The lowest BCUT2D eigenvalue weighted by Gasteiger charge is -2.23. The van der Waals surface area contributed by atoms with E-state index in [1.54, 1.807) is 42.5 Å². The van der Waals surface area contributed by atoms with Crippen molar-refractivity contribution in [2.75, 3.05) is 4.90 Å². The number of amides is 1. The maximum Gasteiger partial charge on any atom is 0.300 e. The number of rotatable bonds is 4. The van der Waals surface area contributed by atoms with E-state index in [0.717, 1.165) is 0 Å². The number of nitro benzene ring substituents is 1. The topological polar surface area (TPSA) is 114 Å². The van der Waals surface area contributed by atoms with Gasteiger partial charge < -0.3 is 9.52 Å². The molecule has 1 atom stereocenters. The number of hydrogen-bond donors (Lipinski definition) is 1. The lowest BCUT2D eigenvalue weighted by molar-refractivity contribution is -0.384. The van der Waals surface area contributed by atoms with Crippen LogP contribution >= 0.6 is 0 Å². The lowest BCUT2D eigenvalue weighted by Crippen LogP contribution is -2.29. The number of nitro groups is 1. The molecule has 1 amide bonds. The van der Waals surface area contributed by atoms with E-state index in [2.05, 4.69) is 0 Å². The molecule has 1 aliphatic heterocycles. The smallest absolute Gasteiger partial charge is 0.300 e. The Kier molecular flexibility index (Phi) is 4.44. The number of para-hydroxylation sites is 1. The fraction of sp³-hybridized carbons (Fsp3) is 0.0476. The van der Waals surface area contributed by atoms with Crippen molar-refractivity contribution in [3.63, 3.8) is 0 Å². The van der Waals surface area contributed by atoms with Gasteiger partial charge in [0.2, 0.25) is 0 Å². The number of benzene rings is 2. The quantitative estimate of drug-likeness (QED) is 0.238. The number of anilines is 1. The average Bonchev–Trinajstić information content (AvgIpc) is 3.35. The second-order valence-electron chi connectivity index (χ2n) is 6.32. The van der Waals surface area contributed by atoms with Gasteiger partial charge in [0, 0.05) is 23.4 Å². The highest BCUT2D eigenvalue weighted by atomic mass is 16.6. The number of ketones is 1. The van der Waals surface area contributed by atoms with Gasteiger partial charge in [-0.3, -0.25) is 24.6 Å². The summed E-state index contributed by atoms with van der Waals surface area (Å²) in [5.74, 6) is -1.80. The first kappa shape index (κ1) is 18.2. The van der Waals surface area contributed by atoms with Crippen LogP contribution in [0.25, 0.3) is 5.76 Å². The Labute approximate surface area is 164 Å². The Balaban J connectivity index is 1.88. The third-order valence-electron chi connectivity index (χ3n) is 4.64. The maximum absolute atomic E-state index is 12.8. The summed E-state index contributed by atoms with van der Waals surface area (Å²) in [5.41, 5.74) is 0.341.